The number of nitrogens with zero attached hydrogens (tertiary/aromatic N) is 4. The summed E-state index contributed by atoms with van der Waals surface area (Å²) in [6.07, 6.45) is 0.0238. The van der Waals surface area contributed by atoms with Crippen molar-refractivity contribution in [3.05, 3.63) is 68.8 Å². The zero-order valence-electron chi connectivity index (χ0n) is 22.1. The van der Waals surface area contributed by atoms with Gasteiger partial charge in [-0.1, -0.05) is 0 Å². The van der Waals surface area contributed by atoms with E-state index in [0.717, 1.165) is 6.20 Å². The van der Waals surface area contributed by atoms with Gasteiger partial charge in [0, 0.05) is 19.8 Å². The quantitative estimate of drug-likeness (QED) is 0.323. The minimum Gasteiger partial charge on any atom is -0.466 e. The van der Waals surface area contributed by atoms with E-state index in [0.29, 0.717) is 11.3 Å². The van der Waals surface area contributed by atoms with Crippen molar-refractivity contribution in [1.29, 1.82) is 0 Å². The molecule has 202 valence electrons. The van der Waals surface area contributed by atoms with Gasteiger partial charge in [0.1, 0.15) is 17.9 Å². The Morgan fingerprint density at radius 3 is 2.26 bits per heavy atom. The second-order valence-corrected chi connectivity index (χ2v) is 8.91. The lowest BCUT2D eigenvalue weighted by Gasteiger charge is -2.30. The van der Waals surface area contributed by atoms with Gasteiger partial charge in [-0.3, -0.25) is 0 Å². The maximum atomic E-state index is 13.2. The van der Waals surface area contributed by atoms with E-state index in [-0.39, 0.29) is 34.2 Å². The minimum absolute atomic E-state index is 0.00422. The first-order chi connectivity index (χ1) is 17.9. The Morgan fingerprint density at radius 1 is 1.13 bits per heavy atom. The molecule has 1 unspecified atom stereocenters. The average molecular weight is 528 g/mol. The van der Waals surface area contributed by atoms with Crippen LogP contribution in [-0.2, 0) is 26.1 Å². The molecule has 1 N–H and O–H groups in total. The number of hydrogen-bond donors (Lipinski definition) is 1. The fraction of sp³-hybridized carbons (Fsp3) is 0.360. The lowest BCUT2D eigenvalue weighted by molar-refractivity contribution is -0.391. The number of nitro groups is 1. The number of rotatable bonds is 7. The van der Waals surface area contributed by atoms with Crippen molar-refractivity contribution in [2.45, 2.75) is 32.8 Å². The number of nitrogens with one attached hydrogen (secondary N) is 1. The maximum Gasteiger partial charge on any atom is 0.414 e. The van der Waals surface area contributed by atoms with Gasteiger partial charge in [0.25, 0.3) is 0 Å². The zero-order chi connectivity index (χ0) is 28.3. The van der Waals surface area contributed by atoms with Crippen LogP contribution >= 0.6 is 0 Å². The molecule has 1 atom stereocenters. The predicted octanol–water partition coefficient (Wildman–Crippen LogP) is 2.89. The third-order valence-electron chi connectivity index (χ3n) is 5.69. The van der Waals surface area contributed by atoms with Gasteiger partial charge in [0.05, 0.1) is 37.1 Å². The molecule has 1 aromatic carbocycles. The fourth-order valence-corrected chi connectivity index (χ4v) is 3.93. The Kier molecular flexibility index (Phi) is 8.19. The minimum atomic E-state index is -1.16. The molecule has 0 radical (unpaired) electrons. The van der Waals surface area contributed by atoms with E-state index in [9.17, 15) is 24.5 Å². The van der Waals surface area contributed by atoms with Gasteiger partial charge in [-0.05, 0) is 55.5 Å². The highest BCUT2D eigenvalue weighted by atomic mass is 16.6. The fourth-order valence-electron chi connectivity index (χ4n) is 3.93. The number of carbonyl (C=O) groups is 3. The van der Waals surface area contributed by atoms with Crippen molar-refractivity contribution in [2.75, 3.05) is 21.2 Å². The van der Waals surface area contributed by atoms with Crippen LogP contribution in [0.3, 0.4) is 0 Å². The molecule has 0 fully saturated rings. The molecule has 13 nitrogen and oxygen atoms in total. The van der Waals surface area contributed by atoms with Crippen LogP contribution in [0.15, 0.2) is 47.3 Å². The predicted molar refractivity (Wildman–Crippen MR) is 135 cm³/mol. The molecule has 3 rings (SSSR count). The number of allylic oxidation sites excluding steroid dienone is 1. The first-order valence-electron chi connectivity index (χ1n) is 11.5. The molecule has 1 aromatic heterocycles. The van der Waals surface area contributed by atoms with E-state index in [1.807, 2.05) is 0 Å². The number of esters is 2. The van der Waals surface area contributed by atoms with E-state index >= 15 is 0 Å². The highest BCUT2D eigenvalue weighted by molar-refractivity contribution is 6.05. The Hall–Kier alpha value is -4.68. The number of benzene rings is 1. The van der Waals surface area contributed by atoms with E-state index in [1.54, 1.807) is 59.1 Å². The van der Waals surface area contributed by atoms with E-state index < -0.39 is 35.0 Å². The first-order valence-corrected chi connectivity index (χ1v) is 11.5. The monoisotopic (exact) mass is 527 g/mol. The van der Waals surface area contributed by atoms with Crippen LogP contribution in [0.25, 0.3) is 5.70 Å². The number of hydrogen-bond acceptors (Lipinski definition) is 10. The third-order valence-corrected chi connectivity index (χ3v) is 5.69. The second kappa shape index (κ2) is 11.2. The molecular weight excluding hydrogens is 498 g/mol. The SMILES string of the molecule is COC(=O)C1=C(c2ccc(OC(=O)N(C)C)cc2)NC(C)=C(C(=O)OC(C)C)C1c1ncc([N+](=O)[O-])n1C. The number of methoxy groups -OCH3 is 1. The average Bonchev–Trinajstić information content (AvgIpc) is 3.23. The van der Waals surface area contributed by atoms with E-state index in [4.69, 9.17) is 14.2 Å². The summed E-state index contributed by atoms with van der Waals surface area (Å²) in [6, 6.07) is 6.32. The Morgan fingerprint density at radius 2 is 1.76 bits per heavy atom. The molecule has 13 heteroatoms. The number of carbonyl (C=O) groups excluding carboxylic acids is 3. The van der Waals surface area contributed by atoms with Crippen LogP contribution < -0.4 is 10.1 Å². The second-order valence-electron chi connectivity index (χ2n) is 8.91. The summed E-state index contributed by atoms with van der Waals surface area (Å²) in [7, 11) is 5.71. The maximum absolute atomic E-state index is 13.2. The summed E-state index contributed by atoms with van der Waals surface area (Å²) in [5.74, 6) is -2.64. The topological polar surface area (TPSA) is 155 Å². The van der Waals surface area contributed by atoms with Gasteiger partial charge in [-0.25, -0.2) is 23.9 Å². The molecular formula is C25H29N5O8. The number of ether oxygens (including phenoxy) is 3. The highest BCUT2D eigenvalue weighted by Gasteiger charge is 2.44. The summed E-state index contributed by atoms with van der Waals surface area (Å²) in [4.78, 5) is 54.8. The van der Waals surface area contributed by atoms with Crippen LogP contribution in [0, 0.1) is 10.1 Å². The van der Waals surface area contributed by atoms with Crippen molar-refractivity contribution in [3.63, 3.8) is 0 Å². The molecule has 0 spiro atoms. The van der Waals surface area contributed by atoms with Gasteiger partial charge in [-0.2, -0.15) is 0 Å². The molecule has 2 aromatic rings. The van der Waals surface area contributed by atoms with Crippen LogP contribution in [0.2, 0.25) is 0 Å². The molecule has 38 heavy (non-hydrogen) atoms. The first kappa shape index (κ1) is 27.9. The molecule has 1 aliphatic rings. The van der Waals surface area contributed by atoms with Crippen LogP contribution in [0.1, 0.15) is 38.1 Å². The molecule has 0 saturated heterocycles. The van der Waals surface area contributed by atoms with Gasteiger partial charge in [0.2, 0.25) is 5.82 Å². The van der Waals surface area contributed by atoms with Crippen molar-refractivity contribution >= 4 is 29.5 Å². The Balaban J connectivity index is 2.24. The lowest BCUT2D eigenvalue weighted by Crippen LogP contribution is -2.34. The van der Waals surface area contributed by atoms with Crippen LogP contribution in [0.4, 0.5) is 10.6 Å². The lowest BCUT2D eigenvalue weighted by atomic mass is 9.83. The Bertz CT molecular complexity index is 1340. The molecule has 1 aliphatic heterocycles. The largest absolute Gasteiger partial charge is 0.466 e. The number of amides is 1. The zero-order valence-corrected chi connectivity index (χ0v) is 22.1. The smallest absolute Gasteiger partial charge is 0.414 e. The summed E-state index contributed by atoms with van der Waals surface area (Å²) < 4.78 is 17.0. The molecule has 0 saturated carbocycles. The van der Waals surface area contributed by atoms with Crippen molar-refractivity contribution in [3.8, 4) is 5.75 Å². The molecule has 2 heterocycles. The summed E-state index contributed by atoms with van der Waals surface area (Å²) in [6.45, 7) is 4.98. The van der Waals surface area contributed by atoms with E-state index in [2.05, 4.69) is 10.3 Å². The third kappa shape index (κ3) is 5.51. The summed E-state index contributed by atoms with van der Waals surface area (Å²) in [5.41, 5.74) is 1.20. The normalized spacial score (nSPS) is 15.2. The van der Waals surface area contributed by atoms with Gasteiger partial charge < -0.3 is 34.5 Å². The van der Waals surface area contributed by atoms with Crippen molar-refractivity contribution in [2.24, 2.45) is 7.05 Å². The standard InChI is InChI=1S/C25H29N5O8/c1-13(2)37-24(32)18-14(3)27-21(15-8-10-16(11-9-15)38-25(33)28(4)5)20(23(31)36-7)19(18)22-26-12-17(29(22)6)30(34)35/h8-13,19,27H,1-7H3. The molecule has 0 bridgehead atoms. The van der Waals surface area contributed by atoms with Crippen molar-refractivity contribution < 1.29 is 33.5 Å². The molecule has 1 amide bonds. The highest BCUT2D eigenvalue weighted by Crippen LogP contribution is 2.42. The summed E-state index contributed by atoms with van der Waals surface area (Å²) in [5, 5.41) is 14.6. The van der Waals surface area contributed by atoms with E-state index in [1.165, 1.54) is 23.6 Å². The van der Waals surface area contributed by atoms with Gasteiger partial charge >= 0.3 is 23.8 Å². The van der Waals surface area contributed by atoms with Crippen LogP contribution in [0.5, 0.6) is 5.75 Å². The number of dihydropyridines is 1. The Labute approximate surface area is 218 Å². The van der Waals surface area contributed by atoms with Crippen molar-refractivity contribution in [1.82, 2.24) is 19.8 Å². The molecule has 0 aliphatic carbocycles. The van der Waals surface area contributed by atoms with Gasteiger partial charge in [0.15, 0.2) is 0 Å². The van der Waals surface area contributed by atoms with Gasteiger partial charge in [-0.15, -0.1) is 0 Å². The van der Waals surface area contributed by atoms with Crippen LogP contribution in [-0.4, -0.2) is 64.7 Å². The summed E-state index contributed by atoms with van der Waals surface area (Å²) >= 11 is 0. The number of imidazole rings is 1. The number of aromatic nitrogens is 2.